The number of thiophene rings is 1. The fourth-order valence-corrected chi connectivity index (χ4v) is 2.50. The van der Waals surface area contributed by atoms with E-state index in [1.165, 1.54) is 0 Å². The standard InChI is InChI=1S/C9H7Cl2NS/c10-8-2-1-4-9(11,12-8)7-3-5-13-6-7/h1-6,12H. The quantitative estimate of drug-likeness (QED) is 0.578. The first-order valence-electron chi connectivity index (χ1n) is 3.75. The normalized spacial score (nSPS) is 26.8. The molecule has 1 aliphatic heterocycles. The first-order valence-corrected chi connectivity index (χ1v) is 5.45. The molecule has 2 rings (SSSR count). The number of nitrogens with one attached hydrogen (secondary N) is 1. The summed E-state index contributed by atoms with van der Waals surface area (Å²) in [6, 6.07) is 1.98. The van der Waals surface area contributed by atoms with Gasteiger partial charge in [-0.2, -0.15) is 11.3 Å². The van der Waals surface area contributed by atoms with Gasteiger partial charge in [0.05, 0.1) is 0 Å². The predicted molar refractivity (Wildman–Crippen MR) is 58.1 cm³/mol. The number of halogens is 2. The van der Waals surface area contributed by atoms with Crippen molar-refractivity contribution in [3.8, 4) is 0 Å². The highest BCUT2D eigenvalue weighted by Gasteiger charge is 2.28. The molecular formula is C9H7Cl2NS. The van der Waals surface area contributed by atoms with E-state index in [0.717, 1.165) is 5.56 Å². The van der Waals surface area contributed by atoms with Crippen LogP contribution in [0.1, 0.15) is 5.56 Å². The van der Waals surface area contributed by atoms with Crippen LogP contribution in [0.5, 0.6) is 0 Å². The van der Waals surface area contributed by atoms with E-state index in [2.05, 4.69) is 5.32 Å². The average molecular weight is 232 g/mol. The van der Waals surface area contributed by atoms with Gasteiger partial charge in [-0.15, -0.1) is 0 Å². The van der Waals surface area contributed by atoms with E-state index < -0.39 is 5.00 Å². The number of rotatable bonds is 1. The Hall–Kier alpha value is -0.440. The van der Waals surface area contributed by atoms with E-state index in [-0.39, 0.29) is 0 Å². The van der Waals surface area contributed by atoms with Crippen molar-refractivity contribution in [2.75, 3.05) is 0 Å². The fourth-order valence-electron chi connectivity index (χ4n) is 1.16. The van der Waals surface area contributed by atoms with E-state index in [4.69, 9.17) is 23.2 Å². The molecule has 13 heavy (non-hydrogen) atoms. The minimum absolute atomic E-state index is 0.559. The van der Waals surface area contributed by atoms with Gasteiger partial charge in [-0.3, -0.25) is 0 Å². The van der Waals surface area contributed by atoms with Crippen LogP contribution in [-0.2, 0) is 5.00 Å². The van der Waals surface area contributed by atoms with Crippen molar-refractivity contribution in [1.82, 2.24) is 5.32 Å². The molecule has 1 nitrogen and oxygen atoms in total. The summed E-state index contributed by atoms with van der Waals surface area (Å²) in [6.07, 6.45) is 5.50. The molecule has 0 fully saturated rings. The maximum absolute atomic E-state index is 6.32. The summed E-state index contributed by atoms with van der Waals surface area (Å²) in [6.45, 7) is 0. The molecule has 4 heteroatoms. The van der Waals surface area contributed by atoms with Crippen molar-refractivity contribution in [2.24, 2.45) is 0 Å². The zero-order valence-corrected chi connectivity index (χ0v) is 8.96. The third kappa shape index (κ3) is 1.75. The second-order valence-electron chi connectivity index (χ2n) is 2.72. The Bertz CT molecular complexity index is 356. The number of hydrogen-bond donors (Lipinski definition) is 1. The maximum atomic E-state index is 6.32. The van der Waals surface area contributed by atoms with Gasteiger partial charge in [-0.1, -0.05) is 29.3 Å². The van der Waals surface area contributed by atoms with E-state index in [1.54, 1.807) is 17.4 Å². The van der Waals surface area contributed by atoms with Crippen molar-refractivity contribution in [1.29, 1.82) is 0 Å². The maximum Gasteiger partial charge on any atom is 0.159 e. The van der Waals surface area contributed by atoms with Crippen molar-refractivity contribution in [3.05, 3.63) is 45.8 Å². The van der Waals surface area contributed by atoms with Crippen LogP contribution in [0.4, 0.5) is 0 Å². The second-order valence-corrected chi connectivity index (χ2v) is 4.51. The van der Waals surface area contributed by atoms with E-state index in [1.807, 2.05) is 29.0 Å². The van der Waals surface area contributed by atoms with Gasteiger partial charge in [0.1, 0.15) is 5.16 Å². The van der Waals surface area contributed by atoms with Gasteiger partial charge in [0.2, 0.25) is 0 Å². The predicted octanol–water partition coefficient (Wildman–Crippen LogP) is 3.38. The highest BCUT2D eigenvalue weighted by atomic mass is 35.5. The zero-order valence-electron chi connectivity index (χ0n) is 6.63. The first-order chi connectivity index (χ1) is 6.21. The molecule has 2 heterocycles. The van der Waals surface area contributed by atoms with Crippen LogP contribution < -0.4 is 5.32 Å². The van der Waals surface area contributed by atoms with Gasteiger partial charge in [0, 0.05) is 5.56 Å². The molecule has 0 amide bonds. The van der Waals surface area contributed by atoms with Gasteiger partial charge >= 0.3 is 0 Å². The average Bonchev–Trinajstić information content (AvgIpc) is 2.55. The lowest BCUT2D eigenvalue weighted by Gasteiger charge is -2.27. The van der Waals surface area contributed by atoms with Crippen molar-refractivity contribution in [2.45, 2.75) is 5.00 Å². The SMILES string of the molecule is ClC1=CC=CC(Cl)(c2ccsc2)N1. The molecule has 1 N–H and O–H groups in total. The Morgan fingerprint density at radius 1 is 1.46 bits per heavy atom. The molecule has 0 radical (unpaired) electrons. The number of allylic oxidation sites excluding steroid dienone is 2. The first kappa shape index (κ1) is 9.13. The van der Waals surface area contributed by atoms with Crippen LogP contribution in [0, 0.1) is 0 Å². The van der Waals surface area contributed by atoms with Gasteiger partial charge in [0.25, 0.3) is 0 Å². The zero-order chi connectivity index (χ0) is 9.31. The molecule has 1 aliphatic rings. The molecular weight excluding hydrogens is 225 g/mol. The molecule has 0 saturated heterocycles. The van der Waals surface area contributed by atoms with Crippen molar-refractivity contribution >= 4 is 34.5 Å². The number of dihydropyridines is 1. The third-order valence-electron chi connectivity index (χ3n) is 1.81. The summed E-state index contributed by atoms with van der Waals surface area (Å²) in [7, 11) is 0. The van der Waals surface area contributed by atoms with Crippen LogP contribution in [-0.4, -0.2) is 0 Å². The molecule has 1 atom stereocenters. The third-order valence-corrected chi connectivity index (χ3v) is 3.15. The van der Waals surface area contributed by atoms with Gasteiger partial charge in [0.15, 0.2) is 5.00 Å². The Labute approximate surface area is 90.7 Å². The lowest BCUT2D eigenvalue weighted by molar-refractivity contribution is 0.658. The van der Waals surface area contributed by atoms with Gasteiger partial charge < -0.3 is 5.32 Å². The van der Waals surface area contributed by atoms with E-state index >= 15 is 0 Å². The van der Waals surface area contributed by atoms with Crippen LogP contribution >= 0.6 is 34.5 Å². The molecule has 68 valence electrons. The highest BCUT2D eigenvalue weighted by molar-refractivity contribution is 7.08. The summed E-state index contributed by atoms with van der Waals surface area (Å²) in [5.41, 5.74) is 1.02. The van der Waals surface area contributed by atoms with Crippen LogP contribution in [0.2, 0.25) is 0 Å². The number of hydrogen-bond acceptors (Lipinski definition) is 2. The van der Waals surface area contributed by atoms with E-state index in [9.17, 15) is 0 Å². The summed E-state index contributed by atoms with van der Waals surface area (Å²) < 4.78 is 0. The monoisotopic (exact) mass is 231 g/mol. The summed E-state index contributed by atoms with van der Waals surface area (Å²) in [4.78, 5) is -0.675. The molecule has 1 unspecified atom stereocenters. The summed E-state index contributed by atoms with van der Waals surface area (Å²) >= 11 is 13.8. The second kappa shape index (κ2) is 3.37. The number of alkyl halides is 1. The molecule has 0 aromatic carbocycles. The van der Waals surface area contributed by atoms with Crippen molar-refractivity contribution in [3.63, 3.8) is 0 Å². The Morgan fingerprint density at radius 2 is 2.31 bits per heavy atom. The van der Waals surface area contributed by atoms with E-state index in [0.29, 0.717) is 5.16 Å². The lowest BCUT2D eigenvalue weighted by atomic mass is 10.1. The molecule has 1 aromatic heterocycles. The molecule has 0 bridgehead atoms. The fraction of sp³-hybridized carbons (Fsp3) is 0.111. The summed E-state index contributed by atoms with van der Waals surface area (Å²) in [5, 5.41) is 7.55. The highest BCUT2D eigenvalue weighted by Crippen LogP contribution is 2.33. The minimum atomic E-state index is -0.675. The smallest absolute Gasteiger partial charge is 0.159 e. The lowest BCUT2D eigenvalue weighted by Crippen LogP contribution is -2.34. The van der Waals surface area contributed by atoms with Gasteiger partial charge in [-0.25, -0.2) is 0 Å². The molecule has 1 aromatic rings. The van der Waals surface area contributed by atoms with Crippen LogP contribution in [0.25, 0.3) is 0 Å². The van der Waals surface area contributed by atoms with Gasteiger partial charge in [-0.05, 0) is 29.0 Å². The van der Waals surface area contributed by atoms with Crippen molar-refractivity contribution < 1.29 is 0 Å². The molecule has 0 saturated carbocycles. The largest absolute Gasteiger partial charge is 0.350 e. The Kier molecular flexibility index (Phi) is 2.37. The minimum Gasteiger partial charge on any atom is -0.350 e. The summed E-state index contributed by atoms with van der Waals surface area (Å²) in [5.74, 6) is 0. The Morgan fingerprint density at radius 3 is 2.92 bits per heavy atom. The molecule has 0 spiro atoms. The van der Waals surface area contributed by atoms with Crippen LogP contribution in [0.3, 0.4) is 0 Å². The topological polar surface area (TPSA) is 12.0 Å². The van der Waals surface area contributed by atoms with Crippen LogP contribution in [0.15, 0.2) is 40.2 Å². The molecule has 0 aliphatic carbocycles. The Balaban J connectivity index is 2.34.